The minimum Gasteiger partial charge on any atom is -0.494 e. The van der Waals surface area contributed by atoms with Crippen LogP contribution in [0.4, 0.5) is 19.0 Å². The number of hydrogen-bond donors (Lipinski definition) is 1. The minimum absolute atomic E-state index is 0.188. The van der Waals surface area contributed by atoms with Gasteiger partial charge in [0.2, 0.25) is 0 Å². The van der Waals surface area contributed by atoms with Crippen molar-refractivity contribution in [3.05, 3.63) is 76.7 Å². The number of rotatable bonds is 4. The molecular weight excluding hydrogens is 409 g/mol. The first kappa shape index (κ1) is 20.4. The van der Waals surface area contributed by atoms with Crippen LogP contribution < -0.4 is 10.1 Å². The molecule has 0 aliphatic heterocycles. The molecular formula is C22H17F3N4O2. The molecule has 6 nitrogen and oxygen atoms in total. The average Bonchev–Trinajstić information content (AvgIpc) is 3.11. The molecule has 0 unspecified atom stereocenters. The van der Waals surface area contributed by atoms with Crippen molar-refractivity contribution in [3.63, 3.8) is 0 Å². The van der Waals surface area contributed by atoms with E-state index in [0.29, 0.717) is 28.8 Å². The number of nitrogens with zero attached hydrogens (tertiary/aromatic N) is 3. The van der Waals surface area contributed by atoms with Gasteiger partial charge < -0.3 is 10.1 Å². The molecule has 1 amide bonds. The Morgan fingerprint density at radius 3 is 2.58 bits per heavy atom. The highest BCUT2D eigenvalue weighted by atomic mass is 19.2. The van der Waals surface area contributed by atoms with Gasteiger partial charge in [-0.15, -0.1) is 0 Å². The zero-order chi connectivity index (χ0) is 22.3. The quantitative estimate of drug-likeness (QED) is 0.480. The monoisotopic (exact) mass is 426 g/mol. The summed E-state index contributed by atoms with van der Waals surface area (Å²) in [7, 11) is 1.54. The van der Waals surface area contributed by atoms with Crippen LogP contribution in [0.25, 0.3) is 16.7 Å². The maximum Gasteiger partial charge on any atom is 0.259 e. The lowest BCUT2D eigenvalue weighted by atomic mass is 10.1. The average molecular weight is 426 g/mol. The molecule has 2 aromatic carbocycles. The Hall–Kier alpha value is -3.88. The molecule has 9 heteroatoms. The van der Waals surface area contributed by atoms with Crippen molar-refractivity contribution >= 4 is 22.6 Å². The number of carbonyl (C=O) groups is 1. The van der Waals surface area contributed by atoms with Crippen LogP contribution in [0, 0.1) is 31.3 Å². The Balaban J connectivity index is 1.78. The summed E-state index contributed by atoms with van der Waals surface area (Å²) in [6.45, 7) is 3.61. The van der Waals surface area contributed by atoms with Gasteiger partial charge >= 0.3 is 0 Å². The fraction of sp³-hybridized carbons (Fsp3) is 0.136. The van der Waals surface area contributed by atoms with Gasteiger partial charge in [-0.2, -0.15) is 9.78 Å². The van der Waals surface area contributed by atoms with Crippen molar-refractivity contribution in [2.45, 2.75) is 13.8 Å². The van der Waals surface area contributed by atoms with Crippen LogP contribution in [0.1, 0.15) is 21.6 Å². The second-order valence-electron chi connectivity index (χ2n) is 6.91. The van der Waals surface area contributed by atoms with Crippen molar-refractivity contribution in [1.29, 1.82) is 0 Å². The number of nitrogens with one attached hydrogen (secondary N) is 1. The van der Waals surface area contributed by atoms with Gasteiger partial charge in [0.15, 0.2) is 23.3 Å². The van der Waals surface area contributed by atoms with E-state index < -0.39 is 28.9 Å². The lowest BCUT2D eigenvalue weighted by Gasteiger charge is -2.12. The standard InChI is InChI=1S/C22H17F3N4O2/c1-11-9-17(26-21-13(11)5-4-6-16(21)31-3)29-18(10-12(2)28-29)27-22(30)14-7-8-15(23)20(25)19(14)24/h4-10H,1-3H3,(H,27,30). The highest BCUT2D eigenvalue weighted by Gasteiger charge is 2.21. The predicted molar refractivity (Wildman–Crippen MR) is 109 cm³/mol. The zero-order valence-electron chi connectivity index (χ0n) is 16.8. The number of fused-ring (bicyclic) bond motifs is 1. The molecule has 4 aromatic rings. The van der Waals surface area contributed by atoms with E-state index in [-0.39, 0.29) is 5.82 Å². The minimum atomic E-state index is -1.71. The number of pyridine rings is 1. The van der Waals surface area contributed by atoms with Crippen LogP contribution in [0.15, 0.2) is 42.5 Å². The predicted octanol–water partition coefficient (Wildman–Crippen LogP) is 4.72. The number of carbonyl (C=O) groups excluding carboxylic acids is 1. The number of methoxy groups -OCH3 is 1. The Morgan fingerprint density at radius 2 is 1.84 bits per heavy atom. The maximum atomic E-state index is 14.0. The molecule has 1 N–H and O–H groups in total. The molecule has 0 radical (unpaired) electrons. The van der Waals surface area contributed by atoms with E-state index in [4.69, 9.17) is 4.74 Å². The second kappa shape index (κ2) is 7.75. The Labute approximate surface area is 175 Å². The third-order valence-corrected chi connectivity index (χ3v) is 4.79. The molecule has 0 aliphatic rings. The summed E-state index contributed by atoms with van der Waals surface area (Å²) < 4.78 is 47.5. The van der Waals surface area contributed by atoms with Gasteiger partial charge in [0, 0.05) is 11.5 Å². The van der Waals surface area contributed by atoms with E-state index in [1.54, 1.807) is 32.2 Å². The van der Waals surface area contributed by atoms with Crippen LogP contribution in [0.2, 0.25) is 0 Å². The first-order valence-corrected chi connectivity index (χ1v) is 9.26. The van der Waals surface area contributed by atoms with E-state index in [9.17, 15) is 18.0 Å². The number of para-hydroxylation sites is 1. The molecule has 0 saturated carbocycles. The highest BCUT2D eigenvalue weighted by molar-refractivity contribution is 6.04. The fourth-order valence-corrected chi connectivity index (χ4v) is 3.30. The van der Waals surface area contributed by atoms with Gasteiger partial charge in [-0.3, -0.25) is 4.79 Å². The second-order valence-corrected chi connectivity index (χ2v) is 6.91. The summed E-state index contributed by atoms with van der Waals surface area (Å²) >= 11 is 0. The summed E-state index contributed by atoms with van der Waals surface area (Å²) in [5.74, 6) is -4.45. The van der Waals surface area contributed by atoms with Crippen molar-refractivity contribution in [1.82, 2.24) is 14.8 Å². The highest BCUT2D eigenvalue weighted by Crippen LogP contribution is 2.28. The molecule has 0 fully saturated rings. The summed E-state index contributed by atoms with van der Waals surface area (Å²) in [6, 6.07) is 10.4. The number of benzene rings is 2. The summed E-state index contributed by atoms with van der Waals surface area (Å²) in [5, 5.41) is 7.74. The molecule has 0 aliphatic carbocycles. The van der Waals surface area contributed by atoms with Crippen molar-refractivity contribution in [2.24, 2.45) is 0 Å². The normalized spacial score (nSPS) is 11.0. The molecule has 2 aromatic heterocycles. The Kier molecular flexibility index (Phi) is 5.10. The van der Waals surface area contributed by atoms with Crippen LogP contribution in [-0.2, 0) is 0 Å². The van der Waals surface area contributed by atoms with Crippen LogP contribution >= 0.6 is 0 Å². The molecule has 0 atom stereocenters. The first-order chi connectivity index (χ1) is 14.8. The molecule has 0 saturated heterocycles. The number of amides is 1. The molecule has 0 bridgehead atoms. The Morgan fingerprint density at radius 1 is 1.06 bits per heavy atom. The smallest absolute Gasteiger partial charge is 0.259 e. The van der Waals surface area contributed by atoms with E-state index in [0.717, 1.165) is 17.0 Å². The molecule has 0 spiro atoms. The number of aromatic nitrogens is 3. The summed E-state index contributed by atoms with van der Waals surface area (Å²) in [6.07, 6.45) is 0. The van der Waals surface area contributed by atoms with Gasteiger partial charge in [0.1, 0.15) is 17.1 Å². The maximum absolute atomic E-state index is 14.0. The van der Waals surface area contributed by atoms with Gasteiger partial charge in [0.05, 0.1) is 18.4 Å². The summed E-state index contributed by atoms with van der Waals surface area (Å²) in [5.41, 5.74) is 1.43. The third-order valence-electron chi connectivity index (χ3n) is 4.79. The van der Waals surface area contributed by atoms with Gasteiger partial charge in [-0.25, -0.2) is 18.2 Å². The zero-order valence-corrected chi connectivity index (χ0v) is 16.8. The largest absolute Gasteiger partial charge is 0.494 e. The third kappa shape index (κ3) is 3.58. The Bertz CT molecular complexity index is 1330. The first-order valence-electron chi connectivity index (χ1n) is 9.26. The number of anilines is 1. The summed E-state index contributed by atoms with van der Waals surface area (Å²) in [4.78, 5) is 17.2. The van der Waals surface area contributed by atoms with E-state index in [1.165, 1.54) is 4.68 Å². The van der Waals surface area contributed by atoms with E-state index in [2.05, 4.69) is 15.4 Å². The number of halogens is 3. The number of ether oxygens (including phenoxy) is 1. The van der Waals surface area contributed by atoms with E-state index >= 15 is 0 Å². The topological polar surface area (TPSA) is 69.0 Å². The lowest BCUT2D eigenvalue weighted by Crippen LogP contribution is -2.18. The molecule has 158 valence electrons. The van der Waals surface area contributed by atoms with Crippen molar-refractivity contribution in [3.8, 4) is 11.6 Å². The van der Waals surface area contributed by atoms with Crippen molar-refractivity contribution in [2.75, 3.05) is 12.4 Å². The van der Waals surface area contributed by atoms with Crippen LogP contribution in [0.5, 0.6) is 5.75 Å². The fourth-order valence-electron chi connectivity index (χ4n) is 3.30. The molecule has 4 rings (SSSR count). The number of aryl methyl sites for hydroxylation is 2. The van der Waals surface area contributed by atoms with Gasteiger partial charge in [-0.1, -0.05) is 12.1 Å². The lowest BCUT2D eigenvalue weighted by molar-refractivity contribution is 0.102. The molecule has 31 heavy (non-hydrogen) atoms. The number of hydrogen-bond acceptors (Lipinski definition) is 4. The molecule has 2 heterocycles. The van der Waals surface area contributed by atoms with Gasteiger partial charge in [-0.05, 0) is 43.7 Å². The SMILES string of the molecule is COc1cccc2c(C)cc(-n3nc(C)cc3NC(=O)c3ccc(F)c(F)c3F)nc12. The van der Waals surface area contributed by atoms with Crippen molar-refractivity contribution < 1.29 is 22.7 Å². The van der Waals surface area contributed by atoms with Crippen LogP contribution in [0.3, 0.4) is 0 Å². The van der Waals surface area contributed by atoms with Crippen LogP contribution in [-0.4, -0.2) is 27.8 Å². The van der Waals surface area contributed by atoms with Gasteiger partial charge in [0.25, 0.3) is 5.91 Å². The van der Waals surface area contributed by atoms with E-state index in [1.807, 2.05) is 19.1 Å².